The smallest absolute Gasteiger partial charge is 0.251 e. The van der Waals surface area contributed by atoms with Crippen LogP contribution < -0.4 is 5.32 Å². The lowest BCUT2D eigenvalue weighted by molar-refractivity contribution is 0.0951. The van der Waals surface area contributed by atoms with Gasteiger partial charge in [-0.3, -0.25) is 4.79 Å². The highest BCUT2D eigenvalue weighted by atomic mass is 79.9. The first-order valence-corrected chi connectivity index (χ1v) is 6.97. The molecule has 5 heteroatoms. The van der Waals surface area contributed by atoms with Crippen LogP contribution in [0.3, 0.4) is 0 Å². The van der Waals surface area contributed by atoms with Gasteiger partial charge in [0.15, 0.2) is 0 Å². The highest BCUT2D eigenvalue weighted by Gasteiger charge is 2.07. The number of hydrogen-bond acceptors (Lipinski definition) is 2. The van der Waals surface area contributed by atoms with Crippen LogP contribution >= 0.6 is 38.9 Å². The van der Waals surface area contributed by atoms with Gasteiger partial charge in [0.05, 0.1) is 6.54 Å². The first-order chi connectivity index (χ1) is 8.16. The van der Waals surface area contributed by atoms with Gasteiger partial charge in [0.25, 0.3) is 5.91 Å². The number of thiophene rings is 1. The van der Waals surface area contributed by atoms with Crippen molar-refractivity contribution in [2.24, 2.45) is 0 Å². The van der Waals surface area contributed by atoms with E-state index in [1.54, 1.807) is 35.6 Å². The van der Waals surface area contributed by atoms with Crippen molar-refractivity contribution in [3.63, 3.8) is 0 Å². The molecular formula is C12H9BrClNOS. The van der Waals surface area contributed by atoms with E-state index in [-0.39, 0.29) is 5.91 Å². The first kappa shape index (κ1) is 12.6. The molecular weight excluding hydrogens is 322 g/mol. The fraction of sp³-hybridized carbons (Fsp3) is 0.0833. The van der Waals surface area contributed by atoms with E-state index < -0.39 is 0 Å². The lowest BCUT2D eigenvalue weighted by Gasteiger charge is -2.04. The van der Waals surface area contributed by atoms with Gasteiger partial charge in [0, 0.05) is 19.9 Å². The summed E-state index contributed by atoms with van der Waals surface area (Å²) in [5, 5.41) is 5.39. The van der Waals surface area contributed by atoms with Crippen LogP contribution in [-0.2, 0) is 6.54 Å². The van der Waals surface area contributed by atoms with Crippen LogP contribution in [0.4, 0.5) is 0 Å². The summed E-state index contributed by atoms with van der Waals surface area (Å²) in [5.74, 6) is -0.118. The lowest BCUT2D eigenvalue weighted by atomic mass is 10.2. The maximum Gasteiger partial charge on any atom is 0.251 e. The lowest BCUT2D eigenvalue weighted by Crippen LogP contribution is -2.22. The van der Waals surface area contributed by atoms with Crippen LogP contribution in [0.5, 0.6) is 0 Å². The third-order valence-electron chi connectivity index (χ3n) is 2.19. The Kier molecular flexibility index (Phi) is 4.20. The van der Waals surface area contributed by atoms with E-state index in [1.807, 2.05) is 11.4 Å². The van der Waals surface area contributed by atoms with Crippen LogP contribution in [-0.4, -0.2) is 5.91 Å². The number of halogens is 2. The number of rotatable bonds is 3. The summed E-state index contributed by atoms with van der Waals surface area (Å²) in [5.41, 5.74) is 0.574. The van der Waals surface area contributed by atoms with Gasteiger partial charge in [-0.05, 0) is 45.6 Å². The van der Waals surface area contributed by atoms with Gasteiger partial charge < -0.3 is 5.32 Å². The fourth-order valence-corrected chi connectivity index (χ4v) is 2.97. The molecule has 0 saturated heterocycles. The van der Waals surface area contributed by atoms with Gasteiger partial charge in [-0.2, -0.15) is 0 Å². The molecule has 88 valence electrons. The Hall–Kier alpha value is -0.840. The molecule has 0 radical (unpaired) electrons. The molecule has 0 bridgehead atoms. The van der Waals surface area contributed by atoms with E-state index in [2.05, 4.69) is 21.2 Å². The molecule has 0 aliphatic heterocycles. The topological polar surface area (TPSA) is 29.1 Å². The van der Waals surface area contributed by atoms with E-state index in [0.29, 0.717) is 17.1 Å². The first-order valence-electron chi connectivity index (χ1n) is 4.92. The molecule has 0 saturated carbocycles. The van der Waals surface area contributed by atoms with E-state index in [4.69, 9.17) is 11.6 Å². The number of nitrogens with one attached hydrogen (secondary N) is 1. The quantitative estimate of drug-likeness (QED) is 0.902. The highest BCUT2D eigenvalue weighted by Crippen LogP contribution is 2.22. The molecule has 1 amide bonds. The Morgan fingerprint density at radius 3 is 2.88 bits per heavy atom. The molecule has 0 atom stereocenters. The van der Waals surface area contributed by atoms with Crippen molar-refractivity contribution in [1.82, 2.24) is 5.32 Å². The van der Waals surface area contributed by atoms with Crippen LogP contribution in [0, 0.1) is 0 Å². The molecule has 0 spiro atoms. The van der Waals surface area contributed by atoms with Crippen LogP contribution in [0.25, 0.3) is 0 Å². The maximum absolute atomic E-state index is 11.8. The predicted molar refractivity (Wildman–Crippen MR) is 74.6 cm³/mol. The van der Waals surface area contributed by atoms with Crippen molar-refractivity contribution in [2.75, 3.05) is 0 Å². The molecule has 0 fully saturated rings. The van der Waals surface area contributed by atoms with Crippen molar-refractivity contribution in [3.8, 4) is 0 Å². The van der Waals surface area contributed by atoms with Gasteiger partial charge in [0.1, 0.15) is 0 Å². The van der Waals surface area contributed by atoms with Gasteiger partial charge in [-0.1, -0.05) is 17.7 Å². The van der Waals surface area contributed by atoms with Gasteiger partial charge in [-0.15, -0.1) is 11.3 Å². The third-order valence-corrected chi connectivity index (χ3v) is 4.35. The van der Waals surface area contributed by atoms with E-state index in [9.17, 15) is 4.79 Å². The SMILES string of the molecule is O=C(NCc1sccc1Br)c1cccc(Cl)c1. The maximum atomic E-state index is 11.8. The normalized spacial score (nSPS) is 10.2. The summed E-state index contributed by atoms with van der Waals surface area (Å²) >= 11 is 10.9. The number of carbonyl (C=O) groups is 1. The van der Waals surface area contributed by atoms with Crippen molar-refractivity contribution in [2.45, 2.75) is 6.54 Å². The van der Waals surface area contributed by atoms with Crippen LogP contribution in [0.15, 0.2) is 40.2 Å². The van der Waals surface area contributed by atoms with E-state index >= 15 is 0 Å². The standard InChI is InChI=1S/C12H9BrClNOS/c13-10-4-5-17-11(10)7-15-12(16)8-2-1-3-9(14)6-8/h1-6H,7H2,(H,15,16). The summed E-state index contributed by atoms with van der Waals surface area (Å²) < 4.78 is 1.02. The second-order valence-electron chi connectivity index (χ2n) is 3.38. The van der Waals surface area contributed by atoms with Crippen LogP contribution in [0.2, 0.25) is 5.02 Å². The van der Waals surface area contributed by atoms with E-state index in [0.717, 1.165) is 9.35 Å². The third kappa shape index (κ3) is 3.31. The molecule has 2 aromatic rings. The molecule has 1 aromatic heterocycles. The zero-order valence-corrected chi connectivity index (χ0v) is 11.9. The molecule has 1 aromatic carbocycles. The Bertz CT molecular complexity index is 541. The average molecular weight is 331 g/mol. The molecule has 2 nitrogen and oxygen atoms in total. The Morgan fingerprint density at radius 2 is 2.24 bits per heavy atom. The molecule has 1 N–H and O–H groups in total. The second kappa shape index (κ2) is 5.67. The van der Waals surface area contributed by atoms with Crippen LogP contribution in [0.1, 0.15) is 15.2 Å². The number of benzene rings is 1. The van der Waals surface area contributed by atoms with Crippen molar-refractivity contribution >= 4 is 44.8 Å². The van der Waals surface area contributed by atoms with Gasteiger partial charge in [0.2, 0.25) is 0 Å². The molecule has 2 rings (SSSR count). The monoisotopic (exact) mass is 329 g/mol. The average Bonchev–Trinajstić information content (AvgIpc) is 2.72. The molecule has 0 aliphatic rings. The summed E-state index contributed by atoms with van der Waals surface area (Å²) in [6.07, 6.45) is 0. The summed E-state index contributed by atoms with van der Waals surface area (Å²) in [4.78, 5) is 12.9. The fourth-order valence-electron chi connectivity index (χ4n) is 1.34. The minimum atomic E-state index is -0.118. The highest BCUT2D eigenvalue weighted by molar-refractivity contribution is 9.10. The minimum absolute atomic E-state index is 0.118. The van der Waals surface area contributed by atoms with E-state index in [1.165, 1.54) is 0 Å². The number of carbonyl (C=O) groups excluding carboxylic acids is 1. The van der Waals surface area contributed by atoms with Crippen molar-refractivity contribution < 1.29 is 4.79 Å². The number of amides is 1. The summed E-state index contributed by atoms with van der Waals surface area (Å²) in [6.45, 7) is 0.517. The second-order valence-corrected chi connectivity index (χ2v) is 5.68. The van der Waals surface area contributed by atoms with Gasteiger partial charge in [-0.25, -0.2) is 0 Å². The Labute approximate surface area is 117 Å². The Morgan fingerprint density at radius 1 is 1.41 bits per heavy atom. The molecule has 1 heterocycles. The summed E-state index contributed by atoms with van der Waals surface area (Å²) in [6, 6.07) is 8.86. The zero-order chi connectivity index (χ0) is 12.3. The summed E-state index contributed by atoms with van der Waals surface area (Å²) in [7, 11) is 0. The molecule has 0 aliphatic carbocycles. The zero-order valence-electron chi connectivity index (χ0n) is 8.74. The van der Waals surface area contributed by atoms with Crippen molar-refractivity contribution in [3.05, 3.63) is 55.6 Å². The number of hydrogen-bond donors (Lipinski definition) is 1. The predicted octanol–water partition coefficient (Wildman–Crippen LogP) is 4.09. The largest absolute Gasteiger partial charge is 0.347 e. The van der Waals surface area contributed by atoms with Crippen molar-refractivity contribution in [1.29, 1.82) is 0 Å². The molecule has 0 unspecified atom stereocenters. The van der Waals surface area contributed by atoms with Gasteiger partial charge >= 0.3 is 0 Å². The molecule has 17 heavy (non-hydrogen) atoms. The Balaban J connectivity index is 2.01. The minimum Gasteiger partial charge on any atom is -0.347 e.